The van der Waals surface area contributed by atoms with Crippen molar-refractivity contribution in [2.75, 3.05) is 0 Å². The second-order valence-electron chi connectivity index (χ2n) is 4.39. The molecule has 1 fully saturated rings. The van der Waals surface area contributed by atoms with Crippen LogP contribution in [0.2, 0.25) is 0 Å². The number of rotatable bonds is 3. The van der Waals surface area contributed by atoms with E-state index in [4.69, 9.17) is 4.74 Å². The Morgan fingerprint density at radius 2 is 1.88 bits per heavy atom. The number of carbonyl (C=O) groups excluding carboxylic acids is 1. The first-order valence-electron chi connectivity index (χ1n) is 5.83. The number of hydrogen-bond acceptors (Lipinski definition) is 3. The molecule has 1 aromatic rings. The molecular weight excluding hydrogens is 202 g/mol. The molecule has 1 aliphatic rings. The van der Waals surface area contributed by atoms with Gasteiger partial charge in [-0.05, 0) is 44.7 Å². The minimum Gasteiger partial charge on any atom is -0.490 e. The Balaban J connectivity index is 1.84. The molecule has 3 nitrogen and oxygen atoms in total. The highest BCUT2D eigenvalue weighted by molar-refractivity contribution is 5.78. The third-order valence-electron chi connectivity index (χ3n) is 3.20. The van der Waals surface area contributed by atoms with Crippen LogP contribution in [0.5, 0.6) is 5.75 Å². The van der Waals surface area contributed by atoms with Crippen LogP contribution in [-0.4, -0.2) is 16.9 Å². The van der Waals surface area contributed by atoms with Crippen molar-refractivity contribution < 1.29 is 9.53 Å². The van der Waals surface area contributed by atoms with Crippen LogP contribution in [0, 0.1) is 5.92 Å². The molecule has 1 aliphatic carbocycles. The van der Waals surface area contributed by atoms with E-state index in [0.29, 0.717) is 5.78 Å². The summed E-state index contributed by atoms with van der Waals surface area (Å²) in [6.45, 7) is 1.69. The van der Waals surface area contributed by atoms with Gasteiger partial charge in [0.2, 0.25) is 0 Å². The SMILES string of the molecule is CC(=O)C1CCC(Oc2ccncc2)CC1. The molecule has 0 amide bonds. The maximum absolute atomic E-state index is 11.2. The van der Waals surface area contributed by atoms with E-state index < -0.39 is 0 Å². The van der Waals surface area contributed by atoms with E-state index in [1.807, 2.05) is 12.1 Å². The second kappa shape index (κ2) is 5.10. The molecule has 0 aromatic carbocycles. The predicted molar refractivity (Wildman–Crippen MR) is 61.3 cm³/mol. The molecule has 0 unspecified atom stereocenters. The average molecular weight is 219 g/mol. The maximum Gasteiger partial charge on any atom is 0.132 e. The Morgan fingerprint density at radius 1 is 1.25 bits per heavy atom. The fraction of sp³-hybridized carbons (Fsp3) is 0.538. The minimum absolute atomic E-state index is 0.261. The molecule has 1 heterocycles. The van der Waals surface area contributed by atoms with Crippen molar-refractivity contribution >= 4 is 5.78 Å². The number of aromatic nitrogens is 1. The number of carbonyl (C=O) groups is 1. The van der Waals surface area contributed by atoms with Crippen LogP contribution in [-0.2, 0) is 4.79 Å². The lowest BCUT2D eigenvalue weighted by Gasteiger charge is -2.27. The van der Waals surface area contributed by atoms with Gasteiger partial charge in [0.05, 0.1) is 6.10 Å². The molecule has 3 heteroatoms. The van der Waals surface area contributed by atoms with E-state index in [1.54, 1.807) is 19.3 Å². The van der Waals surface area contributed by atoms with Crippen molar-refractivity contribution in [3.05, 3.63) is 24.5 Å². The first kappa shape index (κ1) is 11.1. The van der Waals surface area contributed by atoms with E-state index in [-0.39, 0.29) is 12.0 Å². The molecular formula is C13H17NO2. The fourth-order valence-electron chi connectivity index (χ4n) is 2.20. The van der Waals surface area contributed by atoms with Gasteiger partial charge in [0, 0.05) is 18.3 Å². The van der Waals surface area contributed by atoms with Crippen molar-refractivity contribution in [2.24, 2.45) is 5.92 Å². The molecule has 0 bridgehead atoms. The third kappa shape index (κ3) is 2.81. The van der Waals surface area contributed by atoms with E-state index in [0.717, 1.165) is 31.4 Å². The summed E-state index contributed by atoms with van der Waals surface area (Å²) < 4.78 is 5.83. The number of ketones is 1. The first-order valence-corrected chi connectivity index (χ1v) is 5.83. The first-order chi connectivity index (χ1) is 7.75. The van der Waals surface area contributed by atoms with Gasteiger partial charge in [-0.25, -0.2) is 0 Å². The zero-order valence-corrected chi connectivity index (χ0v) is 9.56. The Hall–Kier alpha value is -1.38. The van der Waals surface area contributed by atoms with Crippen LogP contribution in [0.1, 0.15) is 32.6 Å². The normalized spacial score (nSPS) is 25.1. The Bertz CT molecular complexity index is 342. The summed E-state index contributed by atoms with van der Waals surface area (Å²) >= 11 is 0. The van der Waals surface area contributed by atoms with E-state index in [2.05, 4.69) is 4.98 Å². The largest absolute Gasteiger partial charge is 0.490 e. The highest BCUT2D eigenvalue weighted by Gasteiger charge is 2.24. The Kier molecular flexibility index (Phi) is 3.54. The number of hydrogen-bond donors (Lipinski definition) is 0. The summed E-state index contributed by atoms with van der Waals surface area (Å²) in [7, 11) is 0. The smallest absolute Gasteiger partial charge is 0.132 e. The summed E-state index contributed by atoms with van der Waals surface area (Å²) in [5.41, 5.74) is 0. The van der Waals surface area contributed by atoms with Gasteiger partial charge in [0.25, 0.3) is 0 Å². The van der Waals surface area contributed by atoms with Gasteiger partial charge in [-0.1, -0.05) is 0 Å². The van der Waals surface area contributed by atoms with Gasteiger partial charge >= 0.3 is 0 Å². The highest BCUT2D eigenvalue weighted by atomic mass is 16.5. The minimum atomic E-state index is 0.261. The molecule has 0 N–H and O–H groups in total. The van der Waals surface area contributed by atoms with E-state index in [1.165, 1.54) is 0 Å². The van der Waals surface area contributed by atoms with E-state index >= 15 is 0 Å². The van der Waals surface area contributed by atoms with Crippen LogP contribution >= 0.6 is 0 Å². The van der Waals surface area contributed by atoms with Crippen molar-refractivity contribution in [2.45, 2.75) is 38.7 Å². The van der Waals surface area contributed by atoms with Crippen LogP contribution in [0.3, 0.4) is 0 Å². The number of pyridine rings is 1. The molecule has 0 saturated heterocycles. The summed E-state index contributed by atoms with van der Waals surface area (Å²) in [5.74, 6) is 1.46. The van der Waals surface area contributed by atoms with Crippen molar-refractivity contribution in [3.63, 3.8) is 0 Å². The number of ether oxygens (including phenoxy) is 1. The molecule has 2 rings (SSSR count). The Morgan fingerprint density at radius 3 is 2.44 bits per heavy atom. The predicted octanol–water partition coefficient (Wildman–Crippen LogP) is 2.61. The monoisotopic (exact) mass is 219 g/mol. The third-order valence-corrected chi connectivity index (χ3v) is 3.20. The quantitative estimate of drug-likeness (QED) is 0.784. The van der Waals surface area contributed by atoms with Crippen LogP contribution in [0.15, 0.2) is 24.5 Å². The van der Waals surface area contributed by atoms with Gasteiger partial charge in [-0.3, -0.25) is 9.78 Å². The van der Waals surface area contributed by atoms with E-state index in [9.17, 15) is 4.79 Å². The average Bonchev–Trinajstić information content (AvgIpc) is 2.31. The standard InChI is InChI=1S/C13H17NO2/c1-10(15)11-2-4-12(5-3-11)16-13-6-8-14-9-7-13/h6-9,11-12H,2-5H2,1H3. The lowest BCUT2D eigenvalue weighted by Crippen LogP contribution is -2.26. The van der Waals surface area contributed by atoms with Crippen molar-refractivity contribution in [1.29, 1.82) is 0 Å². The van der Waals surface area contributed by atoms with Crippen molar-refractivity contribution in [3.8, 4) is 5.75 Å². The molecule has 1 saturated carbocycles. The van der Waals surface area contributed by atoms with Crippen LogP contribution in [0.25, 0.3) is 0 Å². The maximum atomic E-state index is 11.2. The zero-order chi connectivity index (χ0) is 11.4. The molecule has 16 heavy (non-hydrogen) atoms. The van der Waals surface area contributed by atoms with Gasteiger partial charge in [0.1, 0.15) is 11.5 Å². The van der Waals surface area contributed by atoms with Crippen molar-refractivity contribution in [1.82, 2.24) is 4.98 Å². The van der Waals surface area contributed by atoms with Crippen LogP contribution < -0.4 is 4.74 Å². The number of nitrogens with zero attached hydrogens (tertiary/aromatic N) is 1. The lowest BCUT2D eigenvalue weighted by molar-refractivity contribution is -0.122. The summed E-state index contributed by atoms with van der Waals surface area (Å²) in [4.78, 5) is 15.2. The molecule has 0 atom stereocenters. The summed E-state index contributed by atoms with van der Waals surface area (Å²) in [6, 6.07) is 3.74. The Labute approximate surface area is 95.8 Å². The van der Waals surface area contributed by atoms with Gasteiger partial charge in [-0.15, -0.1) is 0 Å². The molecule has 0 radical (unpaired) electrons. The summed E-state index contributed by atoms with van der Waals surface area (Å²) in [6.07, 6.45) is 7.61. The molecule has 0 aliphatic heterocycles. The highest BCUT2D eigenvalue weighted by Crippen LogP contribution is 2.27. The number of Topliss-reactive ketones (excluding diaryl/α,β-unsaturated/α-hetero) is 1. The topological polar surface area (TPSA) is 39.2 Å². The van der Waals surface area contributed by atoms with Gasteiger partial charge < -0.3 is 4.74 Å². The molecule has 1 aromatic heterocycles. The lowest BCUT2D eigenvalue weighted by atomic mass is 9.85. The van der Waals surface area contributed by atoms with Gasteiger partial charge in [0.15, 0.2) is 0 Å². The van der Waals surface area contributed by atoms with Crippen LogP contribution in [0.4, 0.5) is 0 Å². The summed E-state index contributed by atoms with van der Waals surface area (Å²) in [5, 5.41) is 0. The fourth-order valence-corrected chi connectivity index (χ4v) is 2.20. The second-order valence-corrected chi connectivity index (χ2v) is 4.39. The molecule has 0 spiro atoms. The van der Waals surface area contributed by atoms with Gasteiger partial charge in [-0.2, -0.15) is 0 Å². The molecule has 86 valence electrons. The zero-order valence-electron chi connectivity index (χ0n) is 9.56.